The Balaban J connectivity index is 1.39. The summed E-state index contributed by atoms with van der Waals surface area (Å²) < 4.78 is 6.12. The number of benzene rings is 2. The molecule has 27 heavy (non-hydrogen) atoms. The van der Waals surface area contributed by atoms with Gasteiger partial charge in [-0.15, -0.1) is 11.3 Å². The van der Waals surface area contributed by atoms with Crippen molar-refractivity contribution < 1.29 is 9.84 Å². The standard InChI is InChI=1S/C22H24N2O2S/c25-16-18-14-20(27-17-18)15-23-10-12-24(13-11-23)21-8-4-5-9-22(21)26-19-6-2-1-3-7-19/h1-9,14,17,25H,10-13,15-16H2. The highest BCUT2D eigenvalue weighted by Gasteiger charge is 2.20. The minimum Gasteiger partial charge on any atom is -0.455 e. The Morgan fingerprint density at radius 2 is 1.67 bits per heavy atom. The zero-order chi connectivity index (χ0) is 18.5. The maximum atomic E-state index is 9.22. The van der Waals surface area contributed by atoms with Gasteiger partial charge in [0, 0.05) is 37.6 Å². The van der Waals surface area contributed by atoms with Crippen LogP contribution in [0.2, 0.25) is 0 Å². The molecule has 4 nitrogen and oxygen atoms in total. The Morgan fingerprint density at radius 1 is 0.926 bits per heavy atom. The molecule has 5 heteroatoms. The van der Waals surface area contributed by atoms with E-state index in [1.54, 1.807) is 11.3 Å². The highest BCUT2D eigenvalue weighted by molar-refractivity contribution is 7.10. The van der Waals surface area contributed by atoms with E-state index in [-0.39, 0.29) is 6.61 Å². The first-order chi connectivity index (χ1) is 13.3. The predicted molar refractivity (Wildman–Crippen MR) is 111 cm³/mol. The Bertz CT molecular complexity index is 858. The molecule has 0 aliphatic carbocycles. The van der Waals surface area contributed by atoms with Gasteiger partial charge >= 0.3 is 0 Å². The van der Waals surface area contributed by atoms with Gasteiger partial charge in [0.2, 0.25) is 0 Å². The first-order valence-electron chi connectivity index (χ1n) is 9.28. The summed E-state index contributed by atoms with van der Waals surface area (Å²) >= 11 is 1.73. The van der Waals surface area contributed by atoms with Gasteiger partial charge in [-0.1, -0.05) is 30.3 Å². The van der Waals surface area contributed by atoms with Gasteiger partial charge in [-0.2, -0.15) is 0 Å². The van der Waals surface area contributed by atoms with Crippen LogP contribution in [0, 0.1) is 0 Å². The number of thiophene rings is 1. The minimum atomic E-state index is 0.127. The van der Waals surface area contributed by atoms with Gasteiger partial charge in [-0.05, 0) is 41.3 Å². The predicted octanol–water partition coefficient (Wildman–Crippen LogP) is 4.35. The molecule has 1 saturated heterocycles. The van der Waals surface area contributed by atoms with Crippen LogP contribution < -0.4 is 9.64 Å². The number of anilines is 1. The van der Waals surface area contributed by atoms with E-state index in [0.29, 0.717) is 0 Å². The molecule has 1 aliphatic heterocycles. The lowest BCUT2D eigenvalue weighted by Gasteiger charge is -2.36. The van der Waals surface area contributed by atoms with Crippen LogP contribution in [0.15, 0.2) is 66.0 Å². The Labute approximate surface area is 164 Å². The monoisotopic (exact) mass is 380 g/mol. The summed E-state index contributed by atoms with van der Waals surface area (Å²) in [5, 5.41) is 11.3. The molecule has 0 bridgehead atoms. The van der Waals surface area contributed by atoms with Crippen molar-refractivity contribution in [1.82, 2.24) is 4.90 Å². The quantitative estimate of drug-likeness (QED) is 0.689. The lowest BCUT2D eigenvalue weighted by Crippen LogP contribution is -2.45. The number of hydrogen-bond donors (Lipinski definition) is 1. The largest absolute Gasteiger partial charge is 0.455 e. The van der Waals surface area contributed by atoms with Gasteiger partial charge in [0.05, 0.1) is 12.3 Å². The highest BCUT2D eigenvalue weighted by atomic mass is 32.1. The van der Waals surface area contributed by atoms with E-state index >= 15 is 0 Å². The number of aliphatic hydroxyl groups is 1. The third kappa shape index (κ3) is 4.50. The number of para-hydroxylation sites is 3. The fourth-order valence-electron chi connectivity index (χ4n) is 3.38. The van der Waals surface area contributed by atoms with Crippen molar-refractivity contribution in [2.24, 2.45) is 0 Å². The lowest BCUT2D eigenvalue weighted by molar-refractivity contribution is 0.251. The summed E-state index contributed by atoms with van der Waals surface area (Å²) in [5.74, 6) is 1.77. The second kappa shape index (κ2) is 8.57. The molecule has 2 heterocycles. The molecule has 1 aliphatic rings. The molecule has 140 valence electrons. The van der Waals surface area contributed by atoms with E-state index in [1.165, 1.54) is 4.88 Å². The van der Waals surface area contributed by atoms with Crippen LogP contribution in [0.4, 0.5) is 5.69 Å². The molecule has 0 unspecified atom stereocenters. The molecule has 0 amide bonds. The summed E-state index contributed by atoms with van der Waals surface area (Å²) in [7, 11) is 0. The second-order valence-electron chi connectivity index (χ2n) is 6.73. The molecule has 4 rings (SSSR count). The second-order valence-corrected chi connectivity index (χ2v) is 7.72. The molecule has 1 N–H and O–H groups in total. The average Bonchev–Trinajstić information content (AvgIpc) is 3.18. The zero-order valence-electron chi connectivity index (χ0n) is 15.3. The first kappa shape index (κ1) is 18.0. The van der Waals surface area contributed by atoms with E-state index < -0.39 is 0 Å². The third-order valence-electron chi connectivity index (χ3n) is 4.82. The van der Waals surface area contributed by atoms with Gasteiger partial charge in [-0.25, -0.2) is 0 Å². The van der Waals surface area contributed by atoms with Crippen LogP contribution in [0.25, 0.3) is 0 Å². The molecular formula is C22H24N2O2S. The lowest BCUT2D eigenvalue weighted by atomic mass is 10.2. The molecular weight excluding hydrogens is 356 g/mol. The van der Waals surface area contributed by atoms with E-state index in [9.17, 15) is 5.11 Å². The number of ether oxygens (including phenoxy) is 1. The summed E-state index contributed by atoms with van der Waals surface area (Å²) in [5.41, 5.74) is 2.17. The number of rotatable bonds is 6. The van der Waals surface area contributed by atoms with Crippen LogP contribution in [-0.2, 0) is 13.2 Å². The van der Waals surface area contributed by atoms with E-state index in [1.807, 2.05) is 47.8 Å². The average molecular weight is 381 g/mol. The topological polar surface area (TPSA) is 35.9 Å². The third-order valence-corrected chi connectivity index (χ3v) is 5.79. The Kier molecular flexibility index (Phi) is 5.72. The van der Waals surface area contributed by atoms with Crippen LogP contribution in [-0.4, -0.2) is 36.2 Å². The minimum absolute atomic E-state index is 0.127. The highest BCUT2D eigenvalue weighted by Crippen LogP contribution is 2.32. The molecule has 0 atom stereocenters. The van der Waals surface area contributed by atoms with Crippen LogP contribution in [0.3, 0.4) is 0 Å². The van der Waals surface area contributed by atoms with Crippen LogP contribution in [0.1, 0.15) is 10.4 Å². The van der Waals surface area contributed by atoms with Gasteiger partial charge in [0.15, 0.2) is 5.75 Å². The number of hydrogen-bond acceptors (Lipinski definition) is 5. The van der Waals surface area contributed by atoms with E-state index in [0.717, 1.165) is 55.5 Å². The number of nitrogens with zero attached hydrogens (tertiary/aromatic N) is 2. The van der Waals surface area contributed by atoms with Crippen LogP contribution in [0.5, 0.6) is 11.5 Å². The summed E-state index contributed by atoms with van der Waals surface area (Å²) in [6.45, 7) is 5.09. The molecule has 0 spiro atoms. The smallest absolute Gasteiger partial charge is 0.150 e. The molecule has 2 aromatic carbocycles. The summed E-state index contributed by atoms with van der Waals surface area (Å²) in [4.78, 5) is 6.20. The summed E-state index contributed by atoms with van der Waals surface area (Å²) in [6, 6.07) is 20.3. The number of aliphatic hydroxyl groups excluding tert-OH is 1. The maximum absolute atomic E-state index is 9.22. The summed E-state index contributed by atoms with van der Waals surface area (Å²) in [6.07, 6.45) is 0. The van der Waals surface area contributed by atoms with Crippen molar-refractivity contribution in [3.8, 4) is 11.5 Å². The van der Waals surface area contributed by atoms with Crippen molar-refractivity contribution in [1.29, 1.82) is 0 Å². The van der Waals surface area contributed by atoms with Gasteiger partial charge < -0.3 is 14.7 Å². The van der Waals surface area contributed by atoms with Crippen LogP contribution >= 0.6 is 11.3 Å². The SMILES string of the molecule is OCc1csc(CN2CCN(c3ccccc3Oc3ccccc3)CC2)c1. The van der Waals surface area contributed by atoms with Crippen molar-refractivity contribution in [3.05, 3.63) is 76.5 Å². The van der Waals surface area contributed by atoms with Gasteiger partial charge in [-0.3, -0.25) is 4.90 Å². The first-order valence-corrected chi connectivity index (χ1v) is 10.2. The Morgan fingerprint density at radius 3 is 2.41 bits per heavy atom. The fraction of sp³-hybridized carbons (Fsp3) is 0.273. The normalized spacial score (nSPS) is 15.1. The molecule has 0 radical (unpaired) electrons. The van der Waals surface area contributed by atoms with Crippen molar-refractivity contribution >= 4 is 17.0 Å². The molecule has 3 aromatic rings. The molecule has 0 saturated carbocycles. The van der Waals surface area contributed by atoms with E-state index in [4.69, 9.17) is 4.74 Å². The Hall–Kier alpha value is -2.34. The zero-order valence-corrected chi connectivity index (χ0v) is 16.1. The van der Waals surface area contributed by atoms with E-state index in [2.05, 4.69) is 28.0 Å². The van der Waals surface area contributed by atoms with Crippen molar-refractivity contribution in [2.75, 3.05) is 31.1 Å². The van der Waals surface area contributed by atoms with Crippen molar-refractivity contribution in [3.63, 3.8) is 0 Å². The van der Waals surface area contributed by atoms with Gasteiger partial charge in [0.1, 0.15) is 5.75 Å². The fourth-order valence-corrected chi connectivity index (χ4v) is 4.30. The molecule has 1 aromatic heterocycles. The van der Waals surface area contributed by atoms with Crippen molar-refractivity contribution in [2.45, 2.75) is 13.2 Å². The number of piperazine rings is 1. The molecule has 1 fully saturated rings. The van der Waals surface area contributed by atoms with Gasteiger partial charge in [0.25, 0.3) is 0 Å². The maximum Gasteiger partial charge on any atom is 0.150 e.